The first-order valence-corrected chi connectivity index (χ1v) is 9.88. The van der Waals surface area contributed by atoms with E-state index < -0.39 is 8.07 Å². The van der Waals surface area contributed by atoms with E-state index in [2.05, 4.69) is 0 Å². The maximum Gasteiger partial charge on any atom is 0.0537 e. The van der Waals surface area contributed by atoms with Crippen LogP contribution in [0.2, 0.25) is 24.2 Å². The molecule has 0 aromatic rings. The van der Waals surface area contributed by atoms with Gasteiger partial charge in [0.15, 0.2) is 0 Å². The van der Waals surface area contributed by atoms with Crippen LogP contribution in [0, 0.1) is 0 Å². The molecule has 5 heteroatoms. The molecule has 0 aliphatic carbocycles. The van der Waals surface area contributed by atoms with Crippen molar-refractivity contribution in [1.82, 2.24) is 0 Å². The summed E-state index contributed by atoms with van der Waals surface area (Å²) in [5.74, 6) is 0. The Bertz CT molecular complexity index is 129. The second-order valence-electron chi connectivity index (χ2n) is 5.07. The molecule has 0 saturated heterocycles. The van der Waals surface area contributed by atoms with Crippen LogP contribution >= 0.6 is 0 Å². The van der Waals surface area contributed by atoms with Crippen LogP contribution in [0.4, 0.5) is 0 Å². The van der Waals surface area contributed by atoms with Crippen LogP contribution in [-0.4, -0.2) is 34.3 Å². The Balaban J connectivity index is 4.39. The first-order valence-electron chi connectivity index (χ1n) is 7.05. The van der Waals surface area contributed by atoms with Gasteiger partial charge in [0.05, 0.1) is 8.07 Å². The number of hydrogen-bond acceptors (Lipinski definition) is 4. The van der Waals surface area contributed by atoms with Gasteiger partial charge >= 0.3 is 0 Å². The topological polar surface area (TPSA) is 104 Å². The standard InChI is InChI=1S/C12H32N4Si/c13-5-1-9-17(10-2-6-14,11-3-7-15)12-4-8-16/h1-16H2. The Morgan fingerprint density at radius 3 is 0.882 bits per heavy atom. The second-order valence-corrected chi connectivity index (χ2v) is 10.1. The minimum absolute atomic E-state index is 0.808. The molecule has 0 heterocycles. The smallest absolute Gasteiger partial charge is 0.0537 e. The zero-order valence-corrected chi connectivity index (χ0v) is 12.3. The van der Waals surface area contributed by atoms with Crippen LogP contribution < -0.4 is 22.9 Å². The number of hydrogen-bond donors (Lipinski definition) is 4. The summed E-state index contributed by atoms with van der Waals surface area (Å²) in [6.45, 7) is 3.23. The first kappa shape index (κ1) is 17.1. The van der Waals surface area contributed by atoms with Gasteiger partial charge in [0.2, 0.25) is 0 Å². The molecular weight excluding hydrogens is 228 g/mol. The molecule has 0 amide bonds. The summed E-state index contributed by atoms with van der Waals surface area (Å²) in [7, 11) is -1.20. The van der Waals surface area contributed by atoms with Gasteiger partial charge in [0.25, 0.3) is 0 Å². The molecule has 104 valence electrons. The number of nitrogens with two attached hydrogens (primary N) is 4. The molecule has 0 radical (unpaired) electrons. The SMILES string of the molecule is NCCC[Si](CCCN)(CCCN)CCCN. The quantitative estimate of drug-likeness (QED) is 0.390. The van der Waals surface area contributed by atoms with Crippen molar-refractivity contribution in [3.05, 3.63) is 0 Å². The molecule has 0 spiro atoms. The van der Waals surface area contributed by atoms with Gasteiger partial charge in [-0.15, -0.1) is 0 Å². The highest BCUT2D eigenvalue weighted by atomic mass is 28.3. The van der Waals surface area contributed by atoms with Gasteiger partial charge in [0.1, 0.15) is 0 Å². The summed E-state index contributed by atoms with van der Waals surface area (Å²) in [6, 6.07) is 5.35. The fourth-order valence-electron chi connectivity index (χ4n) is 2.66. The molecule has 0 aromatic heterocycles. The molecule has 0 rings (SSSR count). The van der Waals surface area contributed by atoms with Gasteiger partial charge in [-0.3, -0.25) is 0 Å². The summed E-state index contributed by atoms with van der Waals surface area (Å²) in [5.41, 5.74) is 22.7. The first-order chi connectivity index (χ1) is 8.24. The van der Waals surface area contributed by atoms with Gasteiger partial charge in [-0.2, -0.15) is 0 Å². The molecular formula is C12H32N4Si. The van der Waals surface area contributed by atoms with E-state index in [1.165, 1.54) is 24.2 Å². The predicted molar refractivity (Wildman–Crippen MR) is 79.7 cm³/mol. The monoisotopic (exact) mass is 260 g/mol. The fourth-order valence-corrected chi connectivity index (χ4v) is 7.97. The highest BCUT2D eigenvalue weighted by Gasteiger charge is 2.29. The van der Waals surface area contributed by atoms with Gasteiger partial charge < -0.3 is 22.9 Å². The summed E-state index contributed by atoms with van der Waals surface area (Å²) >= 11 is 0. The Morgan fingerprint density at radius 1 is 0.471 bits per heavy atom. The molecule has 0 saturated carbocycles. The van der Waals surface area contributed by atoms with Gasteiger partial charge in [-0.25, -0.2) is 0 Å². The lowest BCUT2D eigenvalue weighted by molar-refractivity contribution is 0.799. The Hall–Kier alpha value is 0.0569. The fraction of sp³-hybridized carbons (Fsp3) is 1.00. The summed E-state index contributed by atoms with van der Waals surface area (Å²) in [4.78, 5) is 0. The highest BCUT2D eigenvalue weighted by molar-refractivity contribution is 6.79. The van der Waals surface area contributed by atoms with E-state index in [9.17, 15) is 0 Å². The van der Waals surface area contributed by atoms with E-state index in [-0.39, 0.29) is 0 Å². The third kappa shape index (κ3) is 7.89. The summed E-state index contributed by atoms with van der Waals surface area (Å²) in [6.07, 6.45) is 4.63. The molecule has 8 N–H and O–H groups in total. The maximum atomic E-state index is 5.67. The second kappa shape index (κ2) is 11.2. The minimum Gasteiger partial charge on any atom is -0.330 e. The predicted octanol–water partition coefficient (Wildman–Crippen LogP) is 0.830. The lowest BCUT2D eigenvalue weighted by Crippen LogP contribution is -2.36. The highest BCUT2D eigenvalue weighted by Crippen LogP contribution is 2.30. The lowest BCUT2D eigenvalue weighted by atomic mass is 10.5. The molecule has 0 aliphatic rings. The molecule has 17 heavy (non-hydrogen) atoms. The Labute approximate surface area is 107 Å². The number of rotatable bonds is 12. The van der Waals surface area contributed by atoms with Crippen LogP contribution in [0.5, 0.6) is 0 Å². The van der Waals surface area contributed by atoms with Crippen molar-refractivity contribution in [3.63, 3.8) is 0 Å². The van der Waals surface area contributed by atoms with Crippen LogP contribution in [0.3, 0.4) is 0 Å². The van der Waals surface area contributed by atoms with Crippen LogP contribution in [0.25, 0.3) is 0 Å². The van der Waals surface area contributed by atoms with Crippen molar-refractivity contribution in [1.29, 1.82) is 0 Å². The Morgan fingerprint density at radius 2 is 0.706 bits per heavy atom. The van der Waals surface area contributed by atoms with E-state index in [1.807, 2.05) is 0 Å². The van der Waals surface area contributed by atoms with Crippen molar-refractivity contribution in [3.8, 4) is 0 Å². The Kier molecular flexibility index (Phi) is 11.2. The van der Waals surface area contributed by atoms with Gasteiger partial charge in [-0.1, -0.05) is 24.2 Å². The lowest BCUT2D eigenvalue weighted by Gasteiger charge is -2.32. The zero-order valence-electron chi connectivity index (χ0n) is 11.3. The van der Waals surface area contributed by atoms with Crippen LogP contribution in [0.1, 0.15) is 25.7 Å². The molecule has 0 atom stereocenters. The largest absolute Gasteiger partial charge is 0.330 e. The van der Waals surface area contributed by atoms with E-state index in [1.54, 1.807) is 0 Å². The normalized spacial score (nSPS) is 12.0. The van der Waals surface area contributed by atoms with Crippen molar-refractivity contribution >= 4 is 8.07 Å². The molecule has 0 aliphatic heterocycles. The third-order valence-corrected chi connectivity index (χ3v) is 9.30. The summed E-state index contributed by atoms with van der Waals surface area (Å²) in [5, 5.41) is 0. The molecule has 0 unspecified atom stereocenters. The molecule has 0 aromatic carbocycles. The average molecular weight is 261 g/mol. The van der Waals surface area contributed by atoms with Gasteiger partial charge in [-0.05, 0) is 51.9 Å². The van der Waals surface area contributed by atoms with Crippen LogP contribution in [-0.2, 0) is 0 Å². The van der Waals surface area contributed by atoms with Crippen molar-refractivity contribution in [2.24, 2.45) is 22.9 Å². The van der Waals surface area contributed by atoms with Crippen molar-refractivity contribution in [2.75, 3.05) is 26.2 Å². The molecule has 4 nitrogen and oxygen atoms in total. The van der Waals surface area contributed by atoms with E-state index in [0.717, 1.165) is 51.9 Å². The average Bonchev–Trinajstić information content (AvgIpc) is 2.37. The van der Waals surface area contributed by atoms with Gasteiger partial charge in [0, 0.05) is 0 Å². The van der Waals surface area contributed by atoms with Crippen LogP contribution in [0.15, 0.2) is 0 Å². The maximum absolute atomic E-state index is 5.67. The van der Waals surface area contributed by atoms with Crippen molar-refractivity contribution in [2.45, 2.75) is 49.9 Å². The van der Waals surface area contributed by atoms with E-state index >= 15 is 0 Å². The molecule has 0 fully saturated rings. The zero-order chi connectivity index (χ0) is 13.0. The van der Waals surface area contributed by atoms with E-state index in [4.69, 9.17) is 22.9 Å². The third-order valence-electron chi connectivity index (χ3n) is 3.64. The van der Waals surface area contributed by atoms with Crippen molar-refractivity contribution < 1.29 is 0 Å². The van der Waals surface area contributed by atoms with E-state index in [0.29, 0.717) is 0 Å². The minimum atomic E-state index is -1.20. The summed E-state index contributed by atoms with van der Waals surface area (Å²) < 4.78 is 0. The molecule has 0 bridgehead atoms.